The molecule has 30 heavy (non-hydrogen) atoms. The van der Waals surface area contributed by atoms with Crippen LogP contribution >= 0.6 is 0 Å². The smallest absolute Gasteiger partial charge is 0.282 e. The highest BCUT2D eigenvalue weighted by Crippen LogP contribution is 2.35. The Bertz CT molecular complexity index is 1220. The third-order valence-electron chi connectivity index (χ3n) is 5.69. The summed E-state index contributed by atoms with van der Waals surface area (Å²) < 4.78 is 52.2. The van der Waals surface area contributed by atoms with Crippen LogP contribution < -0.4 is 10.0 Å². The van der Waals surface area contributed by atoms with Gasteiger partial charge in [-0.3, -0.25) is 0 Å². The SMILES string of the molecule is NS(=O)(=O)N1CC2CCN(c3cc(-c4cnc5ccc(C(F)F)nn45)ncn3)C2C1. The summed E-state index contributed by atoms with van der Waals surface area (Å²) in [5, 5.41) is 9.26. The highest BCUT2D eigenvalue weighted by Gasteiger charge is 2.44. The molecule has 0 spiro atoms. The molecule has 2 saturated heterocycles. The van der Waals surface area contributed by atoms with Gasteiger partial charge in [0, 0.05) is 31.7 Å². The molecule has 2 N–H and O–H groups in total. The first-order valence-corrected chi connectivity index (χ1v) is 10.8. The van der Waals surface area contributed by atoms with E-state index in [1.807, 2.05) is 4.90 Å². The van der Waals surface area contributed by atoms with Crippen LogP contribution in [0.25, 0.3) is 17.0 Å². The van der Waals surface area contributed by atoms with Crippen LogP contribution in [0.1, 0.15) is 18.5 Å². The van der Waals surface area contributed by atoms with Gasteiger partial charge in [0.25, 0.3) is 16.6 Å². The van der Waals surface area contributed by atoms with E-state index in [-0.39, 0.29) is 17.7 Å². The molecule has 0 aromatic carbocycles. The van der Waals surface area contributed by atoms with Crippen molar-refractivity contribution in [3.05, 3.63) is 36.4 Å². The third-order valence-corrected chi connectivity index (χ3v) is 6.71. The molecule has 0 radical (unpaired) electrons. The first-order chi connectivity index (χ1) is 14.3. The Morgan fingerprint density at radius 3 is 2.77 bits per heavy atom. The number of nitrogens with two attached hydrogens (primary N) is 1. The largest absolute Gasteiger partial charge is 0.352 e. The van der Waals surface area contributed by atoms with Gasteiger partial charge in [0.05, 0.1) is 11.9 Å². The molecule has 10 nitrogen and oxygen atoms in total. The number of aromatic nitrogens is 5. The van der Waals surface area contributed by atoms with Gasteiger partial charge in [-0.2, -0.15) is 17.8 Å². The molecule has 0 amide bonds. The zero-order chi connectivity index (χ0) is 21.0. The zero-order valence-corrected chi connectivity index (χ0v) is 16.5. The van der Waals surface area contributed by atoms with E-state index in [9.17, 15) is 17.2 Å². The van der Waals surface area contributed by atoms with Crippen LogP contribution in [0.3, 0.4) is 0 Å². The maximum absolute atomic E-state index is 13.1. The fraction of sp³-hybridized carbons (Fsp3) is 0.412. The van der Waals surface area contributed by atoms with E-state index in [0.29, 0.717) is 35.9 Å². The molecular weight excluding hydrogens is 418 g/mol. The molecule has 0 bridgehead atoms. The van der Waals surface area contributed by atoms with Crippen LogP contribution in [-0.4, -0.2) is 63.0 Å². The van der Waals surface area contributed by atoms with Gasteiger partial charge in [-0.15, -0.1) is 0 Å². The quantitative estimate of drug-likeness (QED) is 0.643. The average Bonchev–Trinajstić information content (AvgIpc) is 3.40. The summed E-state index contributed by atoms with van der Waals surface area (Å²) in [6, 6.07) is 4.43. The Morgan fingerprint density at radius 2 is 2.00 bits per heavy atom. The molecule has 2 fully saturated rings. The predicted molar refractivity (Wildman–Crippen MR) is 103 cm³/mol. The summed E-state index contributed by atoms with van der Waals surface area (Å²) in [6.45, 7) is 1.43. The number of hydrogen-bond acceptors (Lipinski definition) is 7. The first-order valence-electron chi connectivity index (χ1n) is 9.31. The van der Waals surface area contributed by atoms with Crippen molar-refractivity contribution in [2.45, 2.75) is 18.9 Å². The lowest BCUT2D eigenvalue weighted by Gasteiger charge is -2.25. The average molecular weight is 436 g/mol. The second-order valence-corrected chi connectivity index (χ2v) is 8.95. The molecule has 158 valence electrons. The van der Waals surface area contributed by atoms with Crippen molar-refractivity contribution in [2.75, 3.05) is 24.5 Å². The molecule has 5 rings (SSSR count). The Hall–Kier alpha value is -2.77. The van der Waals surface area contributed by atoms with Crippen LogP contribution in [-0.2, 0) is 10.2 Å². The lowest BCUT2D eigenvalue weighted by Crippen LogP contribution is -2.40. The van der Waals surface area contributed by atoms with Crippen LogP contribution in [0.15, 0.2) is 30.7 Å². The van der Waals surface area contributed by atoms with Gasteiger partial charge in [0.15, 0.2) is 5.65 Å². The summed E-state index contributed by atoms with van der Waals surface area (Å²) in [5.74, 6) is 0.802. The summed E-state index contributed by atoms with van der Waals surface area (Å²) in [4.78, 5) is 14.9. The maximum Gasteiger partial charge on any atom is 0.282 e. The topological polar surface area (TPSA) is 123 Å². The molecule has 2 aliphatic rings. The minimum Gasteiger partial charge on any atom is -0.352 e. The van der Waals surface area contributed by atoms with E-state index in [1.165, 1.54) is 33.5 Å². The van der Waals surface area contributed by atoms with Gasteiger partial charge >= 0.3 is 0 Å². The van der Waals surface area contributed by atoms with Crippen molar-refractivity contribution in [3.63, 3.8) is 0 Å². The highest BCUT2D eigenvalue weighted by atomic mass is 32.2. The summed E-state index contributed by atoms with van der Waals surface area (Å²) in [7, 11) is -3.74. The highest BCUT2D eigenvalue weighted by molar-refractivity contribution is 7.86. The maximum atomic E-state index is 13.1. The molecule has 3 aromatic rings. The Balaban J connectivity index is 1.48. The molecular formula is C17H18F2N8O2S. The molecule has 0 saturated carbocycles. The number of alkyl halides is 2. The van der Waals surface area contributed by atoms with Crippen LogP contribution in [0.2, 0.25) is 0 Å². The van der Waals surface area contributed by atoms with Gasteiger partial charge in [0.2, 0.25) is 0 Å². The third kappa shape index (κ3) is 3.18. The summed E-state index contributed by atoms with van der Waals surface area (Å²) >= 11 is 0. The van der Waals surface area contributed by atoms with Crippen molar-refractivity contribution >= 4 is 21.7 Å². The number of nitrogens with zero attached hydrogens (tertiary/aromatic N) is 7. The minimum absolute atomic E-state index is 0.0307. The van der Waals surface area contributed by atoms with E-state index < -0.39 is 16.6 Å². The fourth-order valence-corrected chi connectivity index (χ4v) is 5.00. The fourth-order valence-electron chi connectivity index (χ4n) is 4.24. The van der Waals surface area contributed by atoms with Gasteiger partial charge in [-0.05, 0) is 24.5 Å². The van der Waals surface area contributed by atoms with E-state index in [1.54, 1.807) is 6.07 Å². The number of imidazole rings is 1. The van der Waals surface area contributed by atoms with E-state index in [2.05, 4.69) is 20.1 Å². The molecule has 0 aliphatic carbocycles. The monoisotopic (exact) mass is 436 g/mol. The van der Waals surface area contributed by atoms with Crippen LogP contribution in [0, 0.1) is 5.92 Å². The summed E-state index contributed by atoms with van der Waals surface area (Å²) in [5.41, 5.74) is 1.02. The van der Waals surface area contributed by atoms with Gasteiger partial charge in [0.1, 0.15) is 23.5 Å². The van der Waals surface area contributed by atoms with Crippen LogP contribution in [0.4, 0.5) is 14.6 Å². The zero-order valence-electron chi connectivity index (χ0n) is 15.6. The normalized spacial score (nSPS) is 22.3. The Labute approximate surface area is 170 Å². The number of anilines is 1. The van der Waals surface area contributed by atoms with E-state index >= 15 is 0 Å². The number of hydrogen-bond donors (Lipinski definition) is 1. The molecule has 2 aliphatic heterocycles. The van der Waals surface area contributed by atoms with Crippen molar-refractivity contribution in [1.82, 2.24) is 28.9 Å². The molecule has 13 heteroatoms. The number of halogens is 2. The predicted octanol–water partition coefficient (Wildman–Crippen LogP) is 0.838. The van der Waals surface area contributed by atoms with E-state index in [4.69, 9.17) is 5.14 Å². The van der Waals surface area contributed by atoms with Crippen molar-refractivity contribution in [2.24, 2.45) is 11.1 Å². The van der Waals surface area contributed by atoms with E-state index in [0.717, 1.165) is 13.0 Å². The standard InChI is InChI=1S/C17H18F2N8O2S/c18-17(19)11-1-2-15-21-6-13(27(15)24-11)12-5-16(23-9-22-12)26-4-3-10-7-25(8-14(10)26)30(20,28)29/h1-2,5-6,9-10,14,17H,3-4,7-8H2,(H2,20,28,29). The molecule has 3 aromatic heterocycles. The molecule has 2 unspecified atom stereocenters. The number of rotatable bonds is 4. The molecule has 2 atom stereocenters. The van der Waals surface area contributed by atoms with Crippen molar-refractivity contribution in [1.29, 1.82) is 0 Å². The van der Waals surface area contributed by atoms with Crippen molar-refractivity contribution in [3.8, 4) is 11.4 Å². The van der Waals surface area contributed by atoms with Crippen LogP contribution in [0.5, 0.6) is 0 Å². The number of fused-ring (bicyclic) bond motifs is 2. The van der Waals surface area contributed by atoms with Gasteiger partial charge < -0.3 is 4.90 Å². The first kappa shape index (κ1) is 19.2. The summed E-state index contributed by atoms with van der Waals surface area (Å²) in [6.07, 6.45) is 1.04. The minimum atomic E-state index is -3.74. The molecule has 5 heterocycles. The lowest BCUT2D eigenvalue weighted by atomic mass is 10.1. The van der Waals surface area contributed by atoms with Crippen molar-refractivity contribution < 1.29 is 17.2 Å². The van der Waals surface area contributed by atoms with Gasteiger partial charge in [-0.25, -0.2) is 33.4 Å². The van der Waals surface area contributed by atoms with Gasteiger partial charge in [-0.1, -0.05) is 0 Å². The second-order valence-electron chi connectivity index (χ2n) is 7.41. The Morgan fingerprint density at radius 1 is 1.17 bits per heavy atom. The Kier molecular flexibility index (Phi) is 4.41. The lowest BCUT2D eigenvalue weighted by molar-refractivity contribution is 0.144. The second kappa shape index (κ2) is 6.89.